The standard InChI is InChI=1S/C20H20N4O2/c1-12(25)23-16-6-2-4-14(11-16)17-7-3-5-13-10-15(8-9-18(13)17)19(26)24-20(21)22/h2-6,8-11,17H,7H2,1H3,(H,23,25)(H4,21,22,24,26). The van der Waals surface area contributed by atoms with Crippen molar-refractivity contribution in [2.24, 2.45) is 16.5 Å². The smallest absolute Gasteiger partial charge is 0.280 e. The maximum atomic E-state index is 12.0. The van der Waals surface area contributed by atoms with Crippen molar-refractivity contribution in [1.29, 1.82) is 0 Å². The van der Waals surface area contributed by atoms with Crippen molar-refractivity contribution in [2.75, 3.05) is 5.32 Å². The van der Waals surface area contributed by atoms with Gasteiger partial charge in [0.25, 0.3) is 5.91 Å². The van der Waals surface area contributed by atoms with Gasteiger partial charge in [0.1, 0.15) is 0 Å². The zero-order valence-electron chi connectivity index (χ0n) is 14.4. The minimum atomic E-state index is -0.462. The Morgan fingerprint density at radius 1 is 1.15 bits per heavy atom. The number of carbonyl (C=O) groups is 2. The molecule has 0 aliphatic heterocycles. The SMILES string of the molecule is CC(=O)Nc1cccc(C2CC=Cc3cc(C(=O)N=C(N)N)ccc32)c1. The average molecular weight is 348 g/mol. The van der Waals surface area contributed by atoms with E-state index >= 15 is 0 Å². The van der Waals surface area contributed by atoms with Crippen molar-refractivity contribution in [3.05, 3.63) is 70.8 Å². The van der Waals surface area contributed by atoms with Gasteiger partial charge in [-0.05, 0) is 47.4 Å². The average Bonchev–Trinajstić information content (AvgIpc) is 2.59. The van der Waals surface area contributed by atoms with Crippen LogP contribution in [0.4, 0.5) is 5.69 Å². The van der Waals surface area contributed by atoms with Gasteiger partial charge in [0, 0.05) is 24.1 Å². The van der Waals surface area contributed by atoms with Gasteiger partial charge in [-0.15, -0.1) is 0 Å². The molecule has 5 N–H and O–H groups in total. The highest BCUT2D eigenvalue weighted by atomic mass is 16.2. The Morgan fingerprint density at radius 3 is 2.69 bits per heavy atom. The van der Waals surface area contributed by atoms with Crippen LogP contribution in [-0.2, 0) is 4.79 Å². The first-order valence-corrected chi connectivity index (χ1v) is 8.26. The molecule has 26 heavy (non-hydrogen) atoms. The minimum absolute atomic E-state index is 0.103. The predicted octanol–water partition coefficient (Wildman–Crippen LogP) is 2.61. The van der Waals surface area contributed by atoms with Crippen molar-refractivity contribution in [3.63, 3.8) is 0 Å². The number of nitrogens with zero attached hydrogens (tertiary/aromatic N) is 1. The number of rotatable bonds is 3. The summed E-state index contributed by atoms with van der Waals surface area (Å²) in [5, 5.41) is 2.81. The van der Waals surface area contributed by atoms with Crippen LogP contribution in [0.2, 0.25) is 0 Å². The van der Waals surface area contributed by atoms with E-state index in [2.05, 4.69) is 16.4 Å². The number of hydrogen-bond acceptors (Lipinski definition) is 2. The maximum Gasteiger partial charge on any atom is 0.280 e. The van der Waals surface area contributed by atoms with Crippen LogP contribution >= 0.6 is 0 Å². The molecule has 0 heterocycles. The third-order valence-electron chi connectivity index (χ3n) is 4.22. The van der Waals surface area contributed by atoms with Gasteiger partial charge >= 0.3 is 0 Å². The molecule has 0 radical (unpaired) electrons. The van der Waals surface area contributed by atoms with Crippen LogP contribution in [0.3, 0.4) is 0 Å². The summed E-state index contributed by atoms with van der Waals surface area (Å²) in [5.41, 5.74) is 14.9. The normalized spacial score (nSPS) is 15.0. The van der Waals surface area contributed by atoms with Crippen LogP contribution in [0.25, 0.3) is 6.08 Å². The minimum Gasteiger partial charge on any atom is -0.370 e. The van der Waals surface area contributed by atoms with E-state index in [1.165, 1.54) is 6.92 Å². The second-order valence-corrected chi connectivity index (χ2v) is 6.18. The van der Waals surface area contributed by atoms with Crippen LogP contribution < -0.4 is 16.8 Å². The Balaban J connectivity index is 1.95. The zero-order chi connectivity index (χ0) is 18.7. The molecule has 1 aliphatic rings. The summed E-state index contributed by atoms with van der Waals surface area (Å²) in [5.74, 6) is -0.670. The van der Waals surface area contributed by atoms with Gasteiger partial charge in [0.05, 0.1) is 0 Å². The number of fused-ring (bicyclic) bond motifs is 1. The quantitative estimate of drug-likeness (QED) is 0.585. The number of allylic oxidation sites excluding steroid dienone is 1. The molecule has 0 aromatic heterocycles. The predicted molar refractivity (Wildman–Crippen MR) is 103 cm³/mol. The molecule has 1 unspecified atom stereocenters. The van der Waals surface area contributed by atoms with Crippen LogP contribution in [0, 0.1) is 0 Å². The van der Waals surface area contributed by atoms with Gasteiger partial charge in [-0.25, -0.2) is 0 Å². The van der Waals surface area contributed by atoms with Crippen LogP contribution in [-0.4, -0.2) is 17.8 Å². The highest BCUT2D eigenvalue weighted by Gasteiger charge is 2.20. The molecule has 0 bridgehead atoms. The number of aliphatic imine (C=N–C) groups is 1. The lowest BCUT2D eigenvalue weighted by atomic mass is 9.81. The summed E-state index contributed by atoms with van der Waals surface area (Å²) in [4.78, 5) is 26.9. The topological polar surface area (TPSA) is 111 Å². The molecule has 1 aliphatic carbocycles. The van der Waals surface area contributed by atoms with Crippen LogP contribution in [0.15, 0.2) is 53.5 Å². The van der Waals surface area contributed by atoms with Gasteiger partial charge in [-0.1, -0.05) is 30.4 Å². The Kier molecular flexibility index (Phi) is 4.84. The molecule has 0 saturated carbocycles. The molecule has 2 aromatic carbocycles. The number of carbonyl (C=O) groups excluding carboxylic acids is 2. The maximum absolute atomic E-state index is 12.0. The highest BCUT2D eigenvalue weighted by molar-refractivity contribution is 6.02. The Morgan fingerprint density at radius 2 is 1.96 bits per heavy atom. The van der Waals surface area contributed by atoms with Gasteiger partial charge in [-0.2, -0.15) is 4.99 Å². The van der Waals surface area contributed by atoms with Crippen molar-refractivity contribution >= 4 is 29.5 Å². The number of guanidine groups is 1. The van der Waals surface area contributed by atoms with E-state index in [9.17, 15) is 9.59 Å². The lowest BCUT2D eigenvalue weighted by Gasteiger charge is -2.23. The van der Waals surface area contributed by atoms with Crippen molar-refractivity contribution in [2.45, 2.75) is 19.3 Å². The first-order valence-electron chi connectivity index (χ1n) is 8.26. The summed E-state index contributed by atoms with van der Waals surface area (Å²) in [7, 11) is 0. The van der Waals surface area contributed by atoms with Crippen molar-refractivity contribution < 1.29 is 9.59 Å². The van der Waals surface area contributed by atoms with E-state index < -0.39 is 5.91 Å². The lowest BCUT2D eigenvalue weighted by molar-refractivity contribution is -0.114. The molecule has 2 aromatic rings. The first-order chi connectivity index (χ1) is 12.4. The van der Waals surface area contributed by atoms with Gasteiger partial charge in [0.2, 0.25) is 5.91 Å². The second kappa shape index (κ2) is 7.23. The lowest BCUT2D eigenvalue weighted by Crippen LogP contribution is -2.24. The summed E-state index contributed by atoms with van der Waals surface area (Å²) in [6.07, 6.45) is 4.92. The fourth-order valence-corrected chi connectivity index (χ4v) is 3.16. The molecule has 6 heteroatoms. The summed E-state index contributed by atoms with van der Waals surface area (Å²) < 4.78 is 0. The van der Waals surface area contributed by atoms with E-state index in [-0.39, 0.29) is 17.8 Å². The first kappa shape index (κ1) is 17.4. The van der Waals surface area contributed by atoms with Gasteiger partial charge in [-0.3, -0.25) is 9.59 Å². The molecule has 0 fully saturated rings. The molecular formula is C20H20N4O2. The second-order valence-electron chi connectivity index (χ2n) is 6.18. The number of nitrogens with one attached hydrogen (secondary N) is 1. The zero-order valence-corrected chi connectivity index (χ0v) is 14.4. The van der Waals surface area contributed by atoms with Crippen LogP contribution in [0.1, 0.15) is 46.3 Å². The van der Waals surface area contributed by atoms with E-state index in [1.54, 1.807) is 12.1 Å². The van der Waals surface area contributed by atoms with Gasteiger partial charge in [0.15, 0.2) is 5.96 Å². The number of hydrogen-bond donors (Lipinski definition) is 3. The van der Waals surface area contributed by atoms with Crippen molar-refractivity contribution in [1.82, 2.24) is 0 Å². The molecule has 2 amide bonds. The van der Waals surface area contributed by atoms with Crippen LogP contribution in [0.5, 0.6) is 0 Å². The Labute approximate surface area is 151 Å². The molecule has 0 saturated heterocycles. The summed E-state index contributed by atoms with van der Waals surface area (Å²) in [6, 6.07) is 13.3. The van der Waals surface area contributed by atoms with Crippen molar-refractivity contribution in [3.8, 4) is 0 Å². The number of anilines is 1. The van der Waals surface area contributed by atoms with E-state index in [1.807, 2.05) is 36.4 Å². The fraction of sp³-hybridized carbons (Fsp3) is 0.150. The molecule has 132 valence electrons. The number of amides is 2. The molecule has 1 atom stereocenters. The third-order valence-corrected chi connectivity index (χ3v) is 4.22. The number of benzene rings is 2. The summed E-state index contributed by atoms with van der Waals surface area (Å²) >= 11 is 0. The summed E-state index contributed by atoms with van der Waals surface area (Å²) in [6.45, 7) is 1.49. The third kappa shape index (κ3) is 3.80. The molecule has 0 spiro atoms. The number of nitrogens with two attached hydrogens (primary N) is 2. The molecule has 3 rings (SSSR count). The molecular weight excluding hydrogens is 328 g/mol. The Hall–Kier alpha value is -3.41. The largest absolute Gasteiger partial charge is 0.370 e. The fourth-order valence-electron chi connectivity index (χ4n) is 3.16. The monoisotopic (exact) mass is 348 g/mol. The Bertz CT molecular complexity index is 927. The van der Waals surface area contributed by atoms with E-state index in [4.69, 9.17) is 11.5 Å². The van der Waals surface area contributed by atoms with E-state index in [0.29, 0.717) is 5.56 Å². The molecule has 6 nitrogen and oxygen atoms in total. The van der Waals surface area contributed by atoms with E-state index in [0.717, 1.165) is 28.8 Å². The highest BCUT2D eigenvalue weighted by Crippen LogP contribution is 2.36. The van der Waals surface area contributed by atoms with Gasteiger partial charge < -0.3 is 16.8 Å².